The Labute approximate surface area is 53.7 Å². The zero-order valence-electron chi connectivity index (χ0n) is 4.96. The molecule has 9 heavy (non-hydrogen) atoms. The maximum atomic E-state index is 4.78. The Bertz CT molecular complexity index is 165. The van der Waals surface area contributed by atoms with Crippen molar-refractivity contribution in [2.45, 2.75) is 6.61 Å². The fraction of sp³-hybridized carbons (Fsp3) is 0.143. The first kappa shape index (κ1) is 5.95. The molecule has 0 unspecified atom stereocenters. The molecule has 0 saturated carbocycles. The lowest BCUT2D eigenvalue weighted by molar-refractivity contribution is 0.216. The van der Waals surface area contributed by atoms with E-state index in [-0.39, 0.29) is 0 Å². The fourth-order valence-corrected chi connectivity index (χ4v) is 0.509. The Hall–Kier alpha value is -1.18. The fourth-order valence-electron chi connectivity index (χ4n) is 0.509. The Morgan fingerprint density at radius 1 is 1.78 bits per heavy atom. The molecule has 0 aliphatic heterocycles. The van der Waals surface area contributed by atoms with E-state index < -0.39 is 0 Å². The van der Waals surface area contributed by atoms with Crippen LogP contribution in [0.15, 0.2) is 29.6 Å². The van der Waals surface area contributed by atoms with E-state index in [1.54, 1.807) is 12.5 Å². The van der Waals surface area contributed by atoms with E-state index >= 15 is 0 Å². The van der Waals surface area contributed by atoms with Gasteiger partial charge in [-0.05, 0) is 6.07 Å². The Balaban J connectivity index is 2.38. The summed E-state index contributed by atoms with van der Waals surface area (Å²) < 4.78 is 9.54. The van der Waals surface area contributed by atoms with Gasteiger partial charge in [-0.3, -0.25) is 0 Å². The number of hydrogen-bond acceptors (Lipinski definition) is 2. The van der Waals surface area contributed by atoms with Crippen LogP contribution in [0.3, 0.4) is 0 Å². The van der Waals surface area contributed by atoms with Crippen LogP contribution in [0.25, 0.3) is 0 Å². The molecule has 0 atom stereocenters. The van der Waals surface area contributed by atoms with Gasteiger partial charge in [0.1, 0.15) is 6.61 Å². The Kier molecular flexibility index (Phi) is 1.96. The molecule has 1 heterocycles. The lowest BCUT2D eigenvalue weighted by atomic mass is 10.4. The van der Waals surface area contributed by atoms with Crippen molar-refractivity contribution in [1.82, 2.24) is 0 Å². The van der Waals surface area contributed by atoms with Gasteiger partial charge in [0.2, 0.25) is 0 Å². The highest BCUT2D eigenvalue weighted by molar-refractivity contribution is 5.02. The van der Waals surface area contributed by atoms with Crippen LogP contribution in [0, 0.1) is 6.26 Å². The van der Waals surface area contributed by atoms with Crippen LogP contribution >= 0.6 is 0 Å². The summed E-state index contributed by atoms with van der Waals surface area (Å²) in [6.07, 6.45) is 5.54. The van der Waals surface area contributed by atoms with Crippen LogP contribution < -0.4 is 0 Å². The van der Waals surface area contributed by atoms with E-state index in [0.29, 0.717) is 6.61 Å². The molecule has 2 nitrogen and oxygen atoms in total. The van der Waals surface area contributed by atoms with Crippen LogP contribution in [0.4, 0.5) is 0 Å². The number of ether oxygens (including phenoxy) is 1. The smallest absolute Gasteiger partial charge is 0.153 e. The molecule has 1 rings (SSSR count). The van der Waals surface area contributed by atoms with Crippen molar-refractivity contribution in [3.63, 3.8) is 0 Å². The lowest BCUT2D eigenvalue weighted by Crippen LogP contribution is -1.80. The summed E-state index contributed by atoms with van der Waals surface area (Å²) in [7, 11) is 0. The summed E-state index contributed by atoms with van der Waals surface area (Å²) in [4.78, 5) is 0. The third kappa shape index (κ3) is 1.64. The summed E-state index contributed by atoms with van der Waals surface area (Å²) in [6.45, 7) is 3.77. The second-order valence-electron chi connectivity index (χ2n) is 1.56. The zero-order valence-corrected chi connectivity index (χ0v) is 4.96. The van der Waals surface area contributed by atoms with Gasteiger partial charge in [0, 0.05) is 5.56 Å². The molecule has 0 spiro atoms. The largest absolute Gasteiger partial charge is 0.486 e. The lowest BCUT2D eigenvalue weighted by Gasteiger charge is -1.91. The third-order valence-electron chi connectivity index (χ3n) is 0.921. The molecular formula is C7H7O2. The van der Waals surface area contributed by atoms with Crippen molar-refractivity contribution in [2.24, 2.45) is 0 Å². The summed E-state index contributed by atoms with van der Waals surface area (Å²) in [6, 6.07) is 1.83. The van der Waals surface area contributed by atoms with E-state index in [2.05, 4.69) is 12.8 Å². The van der Waals surface area contributed by atoms with E-state index in [9.17, 15) is 0 Å². The molecule has 0 bridgehead atoms. The van der Waals surface area contributed by atoms with Crippen LogP contribution in [0.1, 0.15) is 5.56 Å². The summed E-state index contributed by atoms with van der Waals surface area (Å²) in [5.41, 5.74) is 0.992. The normalized spacial score (nSPS) is 8.89. The van der Waals surface area contributed by atoms with Crippen molar-refractivity contribution in [3.8, 4) is 0 Å². The maximum Gasteiger partial charge on any atom is 0.153 e. The molecule has 0 aromatic carbocycles. The highest BCUT2D eigenvalue weighted by Crippen LogP contribution is 2.00. The minimum absolute atomic E-state index is 0.486. The van der Waals surface area contributed by atoms with Gasteiger partial charge in [0.15, 0.2) is 6.26 Å². The minimum atomic E-state index is 0.486. The first-order valence-corrected chi connectivity index (χ1v) is 2.58. The van der Waals surface area contributed by atoms with E-state index in [1.165, 1.54) is 0 Å². The molecule has 2 heteroatoms. The molecule has 0 aliphatic carbocycles. The number of furan rings is 1. The monoisotopic (exact) mass is 123 g/mol. The summed E-state index contributed by atoms with van der Waals surface area (Å²) in [5, 5.41) is 0. The average molecular weight is 123 g/mol. The van der Waals surface area contributed by atoms with Gasteiger partial charge < -0.3 is 9.15 Å². The summed E-state index contributed by atoms with van der Waals surface area (Å²) >= 11 is 0. The molecule has 0 N–H and O–H groups in total. The molecule has 0 aliphatic rings. The van der Waals surface area contributed by atoms with Gasteiger partial charge in [-0.25, -0.2) is 0 Å². The van der Waals surface area contributed by atoms with Crippen LogP contribution in [-0.4, -0.2) is 0 Å². The van der Waals surface area contributed by atoms with Gasteiger partial charge in [-0.2, -0.15) is 0 Å². The zero-order chi connectivity index (χ0) is 6.53. The van der Waals surface area contributed by atoms with Gasteiger partial charge in [-0.1, -0.05) is 6.58 Å². The molecule has 0 fully saturated rings. The predicted octanol–water partition coefficient (Wildman–Crippen LogP) is 1.74. The average Bonchev–Trinajstić information content (AvgIpc) is 2.34. The van der Waals surface area contributed by atoms with Crippen LogP contribution in [0.5, 0.6) is 0 Å². The highest BCUT2D eigenvalue weighted by Gasteiger charge is 1.89. The van der Waals surface area contributed by atoms with Crippen LogP contribution in [-0.2, 0) is 11.3 Å². The van der Waals surface area contributed by atoms with E-state index in [0.717, 1.165) is 5.56 Å². The van der Waals surface area contributed by atoms with Crippen molar-refractivity contribution in [2.75, 3.05) is 0 Å². The Morgan fingerprint density at radius 2 is 2.67 bits per heavy atom. The second kappa shape index (κ2) is 2.97. The van der Waals surface area contributed by atoms with Crippen molar-refractivity contribution in [3.05, 3.63) is 37.0 Å². The van der Waals surface area contributed by atoms with E-state index in [4.69, 9.17) is 9.15 Å². The van der Waals surface area contributed by atoms with Gasteiger partial charge in [-0.15, -0.1) is 0 Å². The molecule has 1 aromatic heterocycles. The molecular weight excluding hydrogens is 116 g/mol. The summed E-state index contributed by atoms with van der Waals surface area (Å²) in [5.74, 6) is 0. The maximum absolute atomic E-state index is 4.78. The molecule has 1 aromatic rings. The Morgan fingerprint density at radius 3 is 3.22 bits per heavy atom. The van der Waals surface area contributed by atoms with Crippen molar-refractivity contribution < 1.29 is 9.15 Å². The third-order valence-corrected chi connectivity index (χ3v) is 0.921. The minimum Gasteiger partial charge on any atom is -0.486 e. The van der Waals surface area contributed by atoms with Gasteiger partial charge in [0.05, 0.1) is 12.5 Å². The molecule has 47 valence electrons. The molecule has 1 radical (unpaired) electrons. The number of hydrogen-bond donors (Lipinski definition) is 0. The van der Waals surface area contributed by atoms with E-state index in [1.807, 2.05) is 6.07 Å². The first-order chi connectivity index (χ1) is 4.43. The second-order valence-corrected chi connectivity index (χ2v) is 1.56. The molecule has 0 amide bonds. The highest BCUT2D eigenvalue weighted by atomic mass is 16.5. The predicted molar refractivity (Wildman–Crippen MR) is 32.4 cm³/mol. The number of rotatable bonds is 3. The van der Waals surface area contributed by atoms with Crippen molar-refractivity contribution >= 4 is 0 Å². The van der Waals surface area contributed by atoms with Crippen molar-refractivity contribution in [1.29, 1.82) is 0 Å². The standard InChI is InChI=1S/C7H7O2/c1-2-8-5-7-3-4-9-6-7/h3-4,6H,1,5H2. The van der Waals surface area contributed by atoms with Crippen LogP contribution in [0.2, 0.25) is 0 Å². The van der Waals surface area contributed by atoms with Gasteiger partial charge in [0.25, 0.3) is 0 Å². The molecule has 0 saturated heterocycles. The SMILES string of the molecule is C=[C]OCc1ccoc1. The van der Waals surface area contributed by atoms with Gasteiger partial charge >= 0.3 is 0 Å². The first-order valence-electron chi connectivity index (χ1n) is 2.58. The quantitative estimate of drug-likeness (QED) is 0.571. The topological polar surface area (TPSA) is 22.4 Å².